The van der Waals surface area contributed by atoms with Crippen molar-refractivity contribution in [1.82, 2.24) is 0 Å². The Morgan fingerprint density at radius 2 is 1.56 bits per heavy atom. The van der Waals surface area contributed by atoms with Gasteiger partial charge in [-0.1, -0.05) is 23.4 Å². The summed E-state index contributed by atoms with van der Waals surface area (Å²) in [5.74, 6) is -1.04. The Balaban J connectivity index is 1.60. The zero-order valence-electron chi connectivity index (χ0n) is 16.6. The molecule has 3 aromatic carbocycles. The number of anilines is 2. The highest BCUT2D eigenvalue weighted by molar-refractivity contribution is 8.20. The molecule has 0 unspecified atom stereocenters. The van der Waals surface area contributed by atoms with Crippen LogP contribution in [-0.2, 0) is 4.79 Å². The van der Waals surface area contributed by atoms with Crippen LogP contribution in [0.1, 0.15) is 0 Å². The van der Waals surface area contributed by atoms with Crippen LogP contribution in [-0.4, -0.2) is 18.1 Å². The van der Waals surface area contributed by atoms with Crippen LogP contribution in [0.25, 0.3) is 0 Å². The number of rotatable bonds is 2. The number of carbonyl (C=O) groups excluding carboxylic acids is 1. The first kappa shape index (κ1) is 21.1. The highest BCUT2D eigenvalue weighted by Gasteiger charge is 2.40. The predicted molar refractivity (Wildman–Crippen MR) is 128 cm³/mol. The van der Waals surface area contributed by atoms with E-state index in [-0.39, 0.29) is 11.7 Å². The third-order valence-corrected chi connectivity index (χ3v) is 7.54. The number of hydrogen-bond donors (Lipinski definition) is 0. The third kappa shape index (κ3) is 3.79. The maximum atomic E-state index is 13.5. The fourth-order valence-corrected chi connectivity index (χ4v) is 5.83. The molecule has 1 saturated heterocycles. The van der Waals surface area contributed by atoms with Crippen molar-refractivity contribution in [2.24, 2.45) is 4.99 Å². The molecule has 3 aromatic rings. The minimum Gasteiger partial charge on any atom is -0.337 e. The van der Waals surface area contributed by atoms with Gasteiger partial charge in [-0.15, -0.1) is 0 Å². The molecule has 2 aliphatic rings. The number of carbonyl (C=O) groups is 1. The van der Waals surface area contributed by atoms with E-state index in [9.17, 15) is 13.6 Å². The number of benzene rings is 3. The van der Waals surface area contributed by atoms with Crippen LogP contribution in [0.2, 0.25) is 5.02 Å². The van der Waals surface area contributed by atoms with Gasteiger partial charge in [0.2, 0.25) is 0 Å². The van der Waals surface area contributed by atoms with E-state index in [0.29, 0.717) is 26.5 Å². The number of aliphatic imine (C=N–C) groups is 1. The van der Waals surface area contributed by atoms with Gasteiger partial charge in [-0.2, -0.15) is 0 Å². The summed E-state index contributed by atoms with van der Waals surface area (Å²) in [5.41, 5.74) is 1.91. The standard InChI is InChI=1S/C23H14ClF2N3OS2/c1-28-18-12-13(24)2-11-19(18)31-22(28)20-21(30)29(17-9-5-15(26)6-10-17)23(32-20)27-16-7-3-14(25)4-8-16/h2-12H,1H3/b22-20-,27-23?. The molecular weight excluding hydrogens is 472 g/mol. The quantitative estimate of drug-likeness (QED) is 0.374. The van der Waals surface area contributed by atoms with E-state index in [1.807, 2.05) is 30.1 Å². The Labute approximate surface area is 196 Å². The summed E-state index contributed by atoms with van der Waals surface area (Å²) in [6.45, 7) is 0. The van der Waals surface area contributed by atoms with Crippen molar-refractivity contribution in [3.05, 3.63) is 93.3 Å². The predicted octanol–water partition coefficient (Wildman–Crippen LogP) is 6.80. The first-order valence-corrected chi connectivity index (χ1v) is 11.5. The molecule has 1 amide bonds. The van der Waals surface area contributed by atoms with Crippen molar-refractivity contribution in [3.8, 4) is 0 Å². The number of halogens is 3. The molecule has 0 N–H and O–H groups in total. The molecule has 5 rings (SSSR count). The number of fused-ring (bicyclic) bond motifs is 1. The molecule has 2 aliphatic heterocycles. The zero-order chi connectivity index (χ0) is 22.4. The maximum absolute atomic E-state index is 13.5. The lowest BCUT2D eigenvalue weighted by Crippen LogP contribution is -2.29. The first-order valence-electron chi connectivity index (χ1n) is 9.48. The van der Waals surface area contributed by atoms with Gasteiger partial charge < -0.3 is 4.90 Å². The second kappa shape index (κ2) is 8.27. The van der Waals surface area contributed by atoms with Crippen LogP contribution < -0.4 is 9.80 Å². The van der Waals surface area contributed by atoms with Gasteiger partial charge in [0.15, 0.2) is 5.17 Å². The molecule has 0 spiro atoms. The molecule has 1 fully saturated rings. The molecule has 4 nitrogen and oxygen atoms in total. The van der Waals surface area contributed by atoms with E-state index in [2.05, 4.69) is 4.99 Å². The van der Waals surface area contributed by atoms with Gasteiger partial charge in [0.1, 0.15) is 16.5 Å². The monoisotopic (exact) mass is 485 g/mol. The molecule has 9 heteroatoms. The molecular formula is C23H14ClF2N3OS2. The van der Waals surface area contributed by atoms with Crippen molar-refractivity contribution in [2.45, 2.75) is 4.90 Å². The van der Waals surface area contributed by atoms with Crippen molar-refractivity contribution < 1.29 is 13.6 Å². The highest BCUT2D eigenvalue weighted by atomic mass is 35.5. The van der Waals surface area contributed by atoms with Gasteiger partial charge in [-0.3, -0.25) is 9.69 Å². The lowest BCUT2D eigenvalue weighted by Gasteiger charge is -2.17. The lowest BCUT2D eigenvalue weighted by atomic mass is 10.2. The third-order valence-electron chi connectivity index (χ3n) is 4.91. The number of hydrogen-bond acceptors (Lipinski definition) is 5. The van der Waals surface area contributed by atoms with Crippen LogP contribution in [0.5, 0.6) is 0 Å². The smallest absolute Gasteiger partial charge is 0.274 e. The van der Waals surface area contributed by atoms with Crippen LogP contribution in [0.4, 0.5) is 25.8 Å². The zero-order valence-corrected chi connectivity index (χ0v) is 18.9. The Hall–Kier alpha value is -2.81. The van der Waals surface area contributed by atoms with Crippen LogP contribution in [0.15, 0.2) is 86.6 Å². The molecule has 160 valence electrons. The summed E-state index contributed by atoms with van der Waals surface area (Å²) in [6, 6.07) is 16.9. The summed E-state index contributed by atoms with van der Waals surface area (Å²) in [4.78, 5) is 23.0. The molecule has 0 bridgehead atoms. The molecule has 0 saturated carbocycles. The Bertz CT molecular complexity index is 1290. The maximum Gasteiger partial charge on any atom is 0.274 e. The summed E-state index contributed by atoms with van der Waals surface area (Å²) < 4.78 is 26.8. The van der Waals surface area contributed by atoms with Gasteiger partial charge in [0.05, 0.1) is 22.1 Å². The topological polar surface area (TPSA) is 35.9 Å². The largest absolute Gasteiger partial charge is 0.337 e. The van der Waals surface area contributed by atoms with Crippen LogP contribution in [0, 0.1) is 11.6 Å². The van der Waals surface area contributed by atoms with E-state index in [1.165, 1.54) is 77.0 Å². The van der Waals surface area contributed by atoms with Gasteiger partial charge in [0.25, 0.3) is 5.91 Å². The lowest BCUT2D eigenvalue weighted by molar-refractivity contribution is -0.113. The molecule has 0 radical (unpaired) electrons. The fraction of sp³-hybridized carbons (Fsp3) is 0.0435. The normalized spacial score (nSPS) is 19.2. The van der Waals surface area contributed by atoms with Crippen molar-refractivity contribution in [1.29, 1.82) is 0 Å². The Morgan fingerprint density at radius 1 is 0.906 bits per heavy atom. The van der Waals surface area contributed by atoms with Crippen LogP contribution >= 0.6 is 35.1 Å². The summed E-state index contributed by atoms with van der Waals surface area (Å²) >= 11 is 8.86. The van der Waals surface area contributed by atoms with Crippen molar-refractivity contribution in [3.63, 3.8) is 0 Å². The van der Waals surface area contributed by atoms with E-state index >= 15 is 0 Å². The summed E-state index contributed by atoms with van der Waals surface area (Å²) in [7, 11) is 1.88. The van der Waals surface area contributed by atoms with Crippen LogP contribution in [0.3, 0.4) is 0 Å². The van der Waals surface area contributed by atoms with Gasteiger partial charge in [-0.25, -0.2) is 13.8 Å². The Morgan fingerprint density at radius 3 is 2.25 bits per heavy atom. The molecule has 0 aliphatic carbocycles. The molecule has 0 aromatic heterocycles. The average molecular weight is 486 g/mol. The first-order chi connectivity index (χ1) is 15.4. The average Bonchev–Trinajstić information content (AvgIpc) is 3.27. The summed E-state index contributed by atoms with van der Waals surface area (Å²) in [6.07, 6.45) is 0. The molecule has 0 atom stereocenters. The van der Waals surface area contributed by atoms with E-state index in [1.54, 1.807) is 0 Å². The minimum absolute atomic E-state index is 0.268. The fourth-order valence-electron chi connectivity index (χ4n) is 3.34. The van der Waals surface area contributed by atoms with Crippen molar-refractivity contribution in [2.75, 3.05) is 16.8 Å². The SMILES string of the molecule is CN1/C(=C2/SC(=Nc3ccc(F)cc3)N(c3ccc(F)cc3)C2=O)Sc2ccc(Cl)cc21. The van der Waals surface area contributed by atoms with Gasteiger partial charge in [-0.05, 0) is 78.5 Å². The van der Waals surface area contributed by atoms with E-state index < -0.39 is 5.82 Å². The Kier molecular flexibility index (Phi) is 5.44. The number of nitrogens with zero attached hydrogens (tertiary/aromatic N) is 3. The second-order valence-corrected chi connectivity index (χ2v) is 9.44. The highest BCUT2D eigenvalue weighted by Crippen LogP contribution is 2.51. The van der Waals surface area contributed by atoms with E-state index in [0.717, 1.165) is 15.6 Å². The van der Waals surface area contributed by atoms with Crippen molar-refractivity contribution >= 4 is 63.3 Å². The summed E-state index contributed by atoms with van der Waals surface area (Å²) in [5, 5.41) is 1.77. The minimum atomic E-state index is -0.401. The van der Waals surface area contributed by atoms with Gasteiger partial charge in [0, 0.05) is 17.0 Å². The number of amidine groups is 1. The molecule has 32 heavy (non-hydrogen) atoms. The number of amides is 1. The number of thioether (sulfide) groups is 2. The second-order valence-electron chi connectivity index (χ2n) is 7.00. The van der Waals surface area contributed by atoms with E-state index in [4.69, 9.17) is 11.6 Å². The molecule has 2 heterocycles. The van der Waals surface area contributed by atoms with Gasteiger partial charge >= 0.3 is 0 Å².